The van der Waals surface area contributed by atoms with Crippen LogP contribution < -0.4 is 9.79 Å². The van der Waals surface area contributed by atoms with Crippen molar-refractivity contribution in [2.75, 3.05) is 4.31 Å². The van der Waals surface area contributed by atoms with E-state index in [4.69, 9.17) is 16.8 Å². The van der Waals surface area contributed by atoms with Crippen molar-refractivity contribution in [1.82, 2.24) is 5.48 Å². The fraction of sp³-hybridized carbons (Fsp3) is 0.136. The zero-order valence-corrected chi connectivity index (χ0v) is 18.1. The molecule has 1 amide bonds. The molecule has 0 unspecified atom stereocenters. The topological polar surface area (TPSA) is 86.7 Å². The Labute approximate surface area is 184 Å². The van der Waals surface area contributed by atoms with Crippen LogP contribution in [0.5, 0.6) is 0 Å². The van der Waals surface area contributed by atoms with Crippen molar-refractivity contribution in [1.29, 1.82) is 0 Å². The maximum absolute atomic E-state index is 13.7. The Morgan fingerprint density at radius 1 is 1.03 bits per heavy atom. The van der Waals surface area contributed by atoms with Crippen LogP contribution in [-0.4, -0.2) is 19.5 Å². The van der Waals surface area contributed by atoms with E-state index in [1.165, 1.54) is 23.4 Å². The van der Waals surface area contributed by atoms with E-state index >= 15 is 0 Å². The molecule has 0 radical (unpaired) electrons. The lowest BCUT2D eigenvalue weighted by atomic mass is 10.1. The van der Waals surface area contributed by atoms with Crippen molar-refractivity contribution in [3.8, 4) is 0 Å². The van der Waals surface area contributed by atoms with Crippen molar-refractivity contribution in [2.24, 2.45) is 0 Å². The molecular formula is C22H20ClFN2O4S. The predicted octanol–water partition coefficient (Wildman–Crippen LogP) is 4.23. The first-order valence-corrected chi connectivity index (χ1v) is 11.1. The molecular weight excluding hydrogens is 443 g/mol. The molecule has 0 aliphatic carbocycles. The van der Waals surface area contributed by atoms with E-state index < -0.39 is 21.7 Å². The standard InChI is InChI=1S/C22H20ClFN2O4S/c1-15-12-20(10-11-21(15)24)31(29,30)26(14-17-2-6-18(23)7-3-17)19-8-4-16(5-9-19)13-22(27)25-28/h2-12,28H,13-14H2,1H3,(H,25,27). The van der Waals surface area contributed by atoms with Crippen LogP contribution in [0.1, 0.15) is 16.7 Å². The zero-order chi connectivity index (χ0) is 22.6. The molecule has 0 bridgehead atoms. The SMILES string of the molecule is Cc1cc(S(=O)(=O)N(Cc2ccc(Cl)cc2)c2ccc(CC(=O)NO)cc2)ccc1F. The minimum Gasteiger partial charge on any atom is -0.289 e. The van der Waals surface area contributed by atoms with Crippen LogP contribution in [0.2, 0.25) is 5.02 Å². The molecule has 9 heteroatoms. The Morgan fingerprint density at radius 3 is 2.23 bits per heavy atom. The average Bonchev–Trinajstić information content (AvgIpc) is 2.75. The van der Waals surface area contributed by atoms with Gasteiger partial charge in [-0.2, -0.15) is 0 Å². The van der Waals surface area contributed by atoms with E-state index in [2.05, 4.69) is 0 Å². The number of halogens is 2. The number of carbonyl (C=O) groups is 1. The molecule has 3 rings (SSSR count). The van der Waals surface area contributed by atoms with E-state index in [0.717, 1.165) is 6.07 Å². The molecule has 0 aromatic heterocycles. The summed E-state index contributed by atoms with van der Waals surface area (Å²) in [5, 5.41) is 9.20. The van der Waals surface area contributed by atoms with Crippen LogP contribution in [0.3, 0.4) is 0 Å². The van der Waals surface area contributed by atoms with Gasteiger partial charge in [0.1, 0.15) is 5.82 Å². The molecule has 0 aliphatic heterocycles. The van der Waals surface area contributed by atoms with Gasteiger partial charge in [-0.05, 0) is 66.1 Å². The Kier molecular flexibility index (Phi) is 6.94. The fourth-order valence-electron chi connectivity index (χ4n) is 2.98. The summed E-state index contributed by atoms with van der Waals surface area (Å²) in [6, 6.07) is 16.8. The van der Waals surface area contributed by atoms with E-state index in [9.17, 15) is 17.6 Å². The maximum Gasteiger partial charge on any atom is 0.264 e. The molecule has 0 heterocycles. The van der Waals surface area contributed by atoms with Crippen LogP contribution in [0.15, 0.2) is 71.6 Å². The Bertz CT molecular complexity index is 1180. The number of aryl methyl sites for hydroxylation is 1. The van der Waals surface area contributed by atoms with Crippen LogP contribution in [0.4, 0.5) is 10.1 Å². The summed E-state index contributed by atoms with van der Waals surface area (Å²) in [5.74, 6) is -1.07. The lowest BCUT2D eigenvalue weighted by molar-refractivity contribution is -0.128. The number of benzene rings is 3. The van der Waals surface area contributed by atoms with Crippen LogP contribution in [0.25, 0.3) is 0 Å². The van der Waals surface area contributed by atoms with Gasteiger partial charge in [-0.1, -0.05) is 35.9 Å². The van der Waals surface area contributed by atoms with Gasteiger partial charge in [0.05, 0.1) is 23.5 Å². The van der Waals surface area contributed by atoms with E-state index in [0.29, 0.717) is 21.8 Å². The third-order valence-electron chi connectivity index (χ3n) is 4.67. The van der Waals surface area contributed by atoms with Gasteiger partial charge >= 0.3 is 0 Å². The zero-order valence-electron chi connectivity index (χ0n) is 16.5. The van der Waals surface area contributed by atoms with Gasteiger partial charge in [-0.25, -0.2) is 18.3 Å². The lowest BCUT2D eigenvalue weighted by Crippen LogP contribution is -2.30. The van der Waals surface area contributed by atoms with Crippen molar-refractivity contribution in [2.45, 2.75) is 24.8 Å². The van der Waals surface area contributed by atoms with Gasteiger partial charge in [0.15, 0.2) is 0 Å². The number of sulfonamides is 1. The third kappa shape index (κ3) is 5.41. The number of amides is 1. The van der Waals surface area contributed by atoms with E-state index in [1.54, 1.807) is 54.0 Å². The largest absolute Gasteiger partial charge is 0.289 e. The van der Waals surface area contributed by atoms with Crippen molar-refractivity contribution in [3.63, 3.8) is 0 Å². The Morgan fingerprint density at radius 2 is 1.65 bits per heavy atom. The summed E-state index contributed by atoms with van der Waals surface area (Å²) in [4.78, 5) is 11.3. The van der Waals surface area contributed by atoms with E-state index in [-0.39, 0.29) is 23.4 Å². The molecule has 0 atom stereocenters. The van der Waals surface area contributed by atoms with Crippen LogP contribution in [0, 0.1) is 12.7 Å². The van der Waals surface area contributed by atoms with Gasteiger partial charge in [0.2, 0.25) is 5.91 Å². The molecule has 6 nitrogen and oxygen atoms in total. The predicted molar refractivity (Wildman–Crippen MR) is 116 cm³/mol. The molecule has 162 valence electrons. The fourth-order valence-corrected chi connectivity index (χ4v) is 4.65. The molecule has 3 aromatic rings. The lowest BCUT2D eigenvalue weighted by Gasteiger charge is -2.25. The molecule has 2 N–H and O–H groups in total. The third-order valence-corrected chi connectivity index (χ3v) is 6.69. The van der Waals surface area contributed by atoms with Gasteiger partial charge in [0.25, 0.3) is 10.0 Å². The van der Waals surface area contributed by atoms with E-state index in [1.807, 2.05) is 0 Å². The summed E-state index contributed by atoms with van der Waals surface area (Å²) in [5.41, 5.74) is 3.44. The van der Waals surface area contributed by atoms with Gasteiger partial charge < -0.3 is 0 Å². The maximum atomic E-state index is 13.7. The number of nitrogens with zero attached hydrogens (tertiary/aromatic N) is 1. The smallest absolute Gasteiger partial charge is 0.264 e. The van der Waals surface area contributed by atoms with Crippen molar-refractivity contribution < 1.29 is 22.8 Å². The second-order valence-corrected chi connectivity index (χ2v) is 9.23. The number of hydrogen-bond donors (Lipinski definition) is 2. The molecule has 0 aliphatic rings. The highest BCUT2D eigenvalue weighted by Gasteiger charge is 2.26. The summed E-state index contributed by atoms with van der Waals surface area (Å²) in [6.07, 6.45) is -0.0577. The molecule has 0 saturated carbocycles. The monoisotopic (exact) mass is 462 g/mol. The van der Waals surface area contributed by atoms with Crippen LogP contribution >= 0.6 is 11.6 Å². The minimum atomic E-state index is -4.03. The quantitative estimate of drug-likeness (QED) is 0.406. The highest BCUT2D eigenvalue weighted by atomic mass is 35.5. The number of nitrogens with one attached hydrogen (secondary N) is 1. The number of hydroxylamine groups is 1. The minimum absolute atomic E-state index is 0.0202. The Balaban J connectivity index is 2.02. The Hall–Kier alpha value is -2.94. The first-order valence-electron chi connectivity index (χ1n) is 9.26. The highest BCUT2D eigenvalue weighted by Crippen LogP contribution is 2.28. The highest BCUT2D eigenvalue weighted by molar-refractivity contribution is 7.92. The molecule has 0 spiro atoms. The summed E-state index contributed by atoms with van der Waals surface area (Å²) >= 11 is 5.94. The number of hydrogen-bond acceptors (Lipinski definition) is 4. The van der Waals surface area contributed by atoms with Crippen LogP contribution in [-0.2, 0) is 27.8 Å². The van der Waals surface area contributed by atoms with Crippen molar-refractivity contribution >= 4 is 33.2 Å². The summed E-state index contributed by atoms with van der Waals surface area (Å²) < 4.78 is 41.8. The summed E-state index contributed by atoms with van der Waals surface area (Å²) in [7, 11) is -4.03. The number of anilines is 1. The van der Waals surface area contributed by atoms with Gasteiger partial charge in [0, 0.05) is 5.02 Å². The molecule has 0 fully saturated rings. The van der Waals surface area contributed by atoms with Crippen molar-refractivity contribution in [3.05, 3.63) is 94.3 Å². The second-order valence-electron chi connectivity index (χ2n) is 6.93. The summed E-state index contributed by atoms with van der Waals surface area (Å²) in [6.45, 7) is 1.52. The number of carbonyl (C=O) groups excluding carboxylic acids is 1. The van der Waals surface area contributed by atoms with Gasteiger partial charge in [-0.3, -0.25) is 14.3 Å². The molecule has 0 saturated heterocycles. The first-order chi connectivity index (χ1) is 14.7. The first kappa shape index (κ1) is 22.7. The second kappa shape index (κ2) is 9.47. The van der Waals surface area contributed by atoms with Gasteiger partial charge in [-0.15, -0.1) is 0 Å². The molecule has 3 aromatic carbocycles. The molecule has 31 heavy (non-hydrogen) atoms. The number of rotatable bonds is 7. The normalized spacial score (nSPS) is 11.2. The average molecular weight is 463 g/mol.